The van der Waals surface area contributed by atoms with Crippen LogP contribution in [0, 0.1) is 17.3 Å². The van der Waals surface area contributed by atoms with Crippen LogP contribution in [0.25, 0.3) is 11.0 Å². The Kier molecular flexibility index (Phi) is 8.50. The van der Waals surface area contributed by atoms with Gasteiger partial charge in [0.05, 0.1) is 23.6 Å². The molecule has 43 heavy (non-hydrogen) atoms. The van der Waals surface area contributed by atoms with Crippen LogP contribution in [0.4, 0.5) is 13.6 Å². The quantitative estimate of drug-likeness (QED) is 0.484. The number of hydrogen-bond donors (Lipinski definition) is 1. The molecule has 2 fully saturated rings. The van der Waals surface area contributed by atoms with Gasteiger partial charge in [0.25, 0.3) is 0 Å². The minimum Gasteiger partial charge on any atom is -0.471 e. The molecule has 1 saturated carbocycles. The third-order valence-electron chi connectivity index (χ3n) is 8.97. The van der Waals surface area contributed by atoms with Gasteiger partial charge in [-0.1, -0.05) is 40.5 Å². The summed E-state index contributed by atoms with van der Waals surface area (Å²) in [6.07, 6.45) is 4.37. The fraction of sp³-hybridized carbons (Fsp3) is 0.645. The average Bonchev–Trinajstić information content (AvgIpc) is 3.44. The molecule has 5 rings (SSSR count). The number of nitrogens with one attached hydrogen (secondary N) is 1. The van der Waals surface area contributed by atoms with E-state index in [0.717, 1.165) is 38.4 Å². The van der Waals surface area contributed by atoms with E-state index in [1.165, 1.54) is 17.0 Å². The van der Waals surface area contributed by atoms with Crippen LogP contribution in [0.1, 0.15) is 72.4 Å². The van der Waals surface area contributed by atoms with E-state index in [9.17, 15) is 23.2 Å². The first-order valence-electron chi connectivity index (χ1n) is 15.0. The van der Waals surface area contributed by atoms with Crippen molar-refractivity contribution < 1.29 is 37.4 Å². The third-order valence-corrected chi connectivity index (χ3v) is 8.97. The minimum atomic E-state index is -2.98. The van der Waals surface area contributed by atoms with Crippen molar-refractivity contribution in [3.63, 3.8) is 0 Å². The molecule has 1 aliphatic carbocycles. The van der Waals surface area contributed by atoms with E-state index in [2.05, 4.69) is 15.0 Å². The number of benzene rings is 1. The van der Waals surface area contributed by atoms with Crippen molar-refractivity contribution in [2.75, 3.05) is 6.54 Å². The van der Waals surface area contributed by atoms with Gasteiger partial charge < -0.3 is 29.2 Å². The van der Waals surface area contributed by atoms with E-state index < -0.39 is 53.7 Å². The monoisotopic (exact) mass is 602 g/mol. The molecule has 0 spiro atoms. The highest BCUT2D eigenvalue weighted by molar-refractivity contribution is 5.89. The number of aryl methyl sites for hydroxylation is 1. The van der Waals surface area contributed by atoms with Gasteiger partial charge >= 0.3 is 12.7 Å². The molecule has 1 saturated heterocycles. The second kappa shape index (κ2) is 11.8. The Morgan fingerprint density at radius 2 is 1.93 bits per heavy atom. The second-order valence-electron chi connectivity index (χ2n) is 13.3. The van der Waals surface area contributed by atoms with Gasteiger partial charge in [-0.15, -0.1) is 0 Å². The zero-order chi connectivity index (χ0) is 31.1. The molecular formula is C31H40F2N4O6. The van der Waals surface area contributed by atoms with Crippen LogP contribution in [0.15, 0.2) is 18.2 Å². The molecular weight excluding hydrogens is 562 g/mol. The van der Waals surface area contributed by atoms with Crippen molar-refractivity contribution in [1.82, 2.24) is 20.2 Å². The highest BCUT2D eigenvalue weighted by Crippen LogP contribution is 2.49. The van der Waals surface area contributed by atoms with Crippen LogP contribution < -0.4 is 14.8 Å². The Morgan fingerprint density at radius 3 is 2.63 bits per heavy atom. The summed E-state index contributed by atoms with van der Waals surface area (Å²) in [5.74, 6) is -0.375. The van der Waals surface area contributed by atoms with Gasteiger partial charge in [0, 0.05) is 17.9 Å². The lowest BCUT2D eigenvalue weighted by molar-refractivity contribution is -0.139. The smallest absolute Gasteiger partial charge is 0.408 e. The number of ether oxygens (including phenoxy) is 3. The summed E-state index contributed by atoms with van der Waals surface area (Å²) in [4.78, 5) is 50.1. The molecule has 6 atom stereocenters. The molecule has 2 aliphatic heterocycles. The average molecular weight is 603 g/mol. The van der Waals surface area contributed by atoms with Crippen molar-refractivity contribution in [2.45, 2.75) is 104 Å². The number of halogens is 2. The van der Waals surface area contributed by atoms with Gasteiger partial charge in [0.15, 0.2) is 0 Å². The molecule has 0 unspecified atom stereocenters. The van der Waals surface area contributed by atoms with Crippen LogP contribution in [0.5, 0.6) is 11.6 Å². The number of alkyl carbamates (subject to hydrolysis) is 1. The Bertz CT molecular complexity index is 1380. The maximum Gasteiger partial charge on any atom is 0.408 e. The number of alkyl halides is 2. The van der Waals surface area contributed by atoms with Crippen LogP contribution >= 0.6 is 0 Å². The fourth-order valence-corrected chi connectivity index (χ4v) is 6.19. The standard InChI is InChI=1S/C31H40F2N4O6/c1-17-23(16-38)37-15-24(17)42-26-21(34-20-12-11-19(41-28(32)33)13-22(20)35-26)10-8-6-7-9-18-14-31(18,5)43-29(40)36-25(27(37)39)30(2,3)4/h11-13,16-18,23-25,28H,6-10,14-15H2,1-5H3,(H,36,40)/t17-,18+,23+,24-,25+,31+/m0/s1. The zero-order valence-corrected chi connectivity index (χ0v) is 25.3. The second-order valence-corrected chi connectivity index (χ2v) is 13.3. The lowest BCUT2D eigenvalue weighted by Crippen LogP contribution is -2.56. The maximum atomic E-state index is 14.0. The van der Waals surface area contributed by atoms with Crippen molar-refractivity contribution in [3.05, 3.63) is 23.9 Å². The molecule has 3 heterocycles. The number of rotatable bonds is 3. The van der Waals surface area contributed by atoms with E-state index in [0.29, 0.717) is 23.1 Å². The first-order chi connectivity index (χ1) is 20.3. The number of nitrogens with zero attached hydrogens (tertiary/aromatic N) is 3. The number of aromatic nitrogens is 2. The predicted molar refractivity (Wildman–Crippen MR) is 153 cm³/mol. The largest absolute Gasteiger partial charge is 0.471 e. The van der Waals surface area contributed by atoms with Crippen molar-refractivity contribution >= 4 is 29.3 Å². The Morgan fingerprint density at radius 1 is 1.16 bits per heavy atom. The maximum absolute atomic E-state index is 14.0. The summed E-state index contributed by atoms with van der Waals surface area (Å²) in [5.41, 5.74) is 0.217. The van der Waals surface area contributed by atoms with Crippen molar-refractivity contribution in [2.24, 2.45) is 17.3 Å². The lowest BCUT2D eigenvalue weighted by Gasteiger charge is -2.34. The normalized spacial score (nSPS) is 30.3. The summed E-state index contributed by atoms with van der Waals surface area (Å²) in [5, 5.41) is 2.79. The van der Waals surface area contributed by atoms with Gasteiger partial charge in [0.1, 0.15) is 35.5 Å². The molecule has 0 radical (unpaired) electrons. The minimum absolute atomic E-state index is 0.0460. The SMILES string of the molecule is C[C@@H]1[C@@H]2CN(C(=O)[C@H](C(C)(C)C)NC(=O)O[C@]3(C)C[C@H]3CCCCCc3nc4ccc(OC(F)F)cc4nc3O2)[C@@H]1C=O. The van der Waals surface area contributed by atoms with Crippen LogP contribution in [-0.2, 0) is 20.7 Å². The van der Waals surface area contributed by atoms with Gasteiger partial charge in [-0.25, -0.2) is 14.8 Å². The molecule has 234 valence electrons. The molecule has 3 aliphatic rings. The lowest BCUT2D eigenvalue weighted by atomic mass is 9.85. The van der Waals surface area contributed by atoms with Crippen molar-refractivity contribution in [3.8, 4) is 11.6 Å². The van der Waals surface area contributed by atoms with Crippen molar-refractivity contribution in [1.29, 1.82) is 0 Å². The molecule has 2 aromatic rings. The Hall–Kier alpha value is -3.57. The summed E-state index contributed by atoms with van der Waals surface area (Å²) < 4.78 is 42.5. The van der Waals surface area contributed by atoms with Crippen LogP contribution in [-0.4, -0.2) is 70.1 Å². The van der Waals surface area contributed by atoms with Gasteiger partial charge in [-0.05, 0) is 50.2 Å². The predicted octanol–water partition coefficient (Wildman–Crippen LogP) is 5.06. The number of carbonyl (C=O) groups excluding carboxylic acids is 3. The van der Waals surface area contributed by atoms with Crippen LogP contribution in [0.3, 0.4) is 0 Å². The number of hydrogen-bond acceptors (Lipinski definition) is 8. The van der Waals surface area contributed by atoms with E-state index in [-0.39, 0.29) is 24.1 Å². The van der Waals surface area contributed by atoms with Gasteiger partial charge in [0.2, 0.25) is 11.8 Å². The number of carbonyl (C=O) groups is 3. The number of amides is 2. The molecule has 1 aromatic heterocycles. The molecule has 2 bridgehead atoms. The fourth-order valence-electron chi connectivity index (χ4n) is 6.19. The summed E-state index contributed by atoms with van der Waals surface area (Å²) in [6.45, 7) is 6.38. The molecule has 10 nitrogen and oxygen atoms in total. The van der Waals surface area contributed by atoms with Crippen LogP contribution in [0.2, 0.25) is 0 Å². The first kappa shape index (κ1) is 30.9. The first-order valence-corrected chi connectivity index (χ1v) is 15.0. The Labute approximate surface area is 249 Å². The van der Waals surface area contributed by atoms with E-state index >= 15 is 0 Å². The Balaban J connectivity index is 1.50. The number of aldehydes is 1. The molecule has 2 amide bonds. The molecule has 12 heteroatoms. The third kappa shape index (κ3) is 6.67. The summed E-state index contributed by atoms with van der Waals surface area (Å²) in [6, 6.07) is 2.65. The van der Waals surface area contributed by atoms with E-state index in [4.69, 9.17) is 14.5 Å². The topological polar surface area (TPSA) is 120 Å². The molecule has 1 N–H and O–H groups in total. The van der Waals surface area contributed by atoms with E-state index in [1.807, 2.05) is 34.6 Å². The highest BCUT2D eigenvalue weighted by atomic mass is 19.3. The highest BCUT2D eigenvalue weighted by Gasteiger charge is 2.54. The number of fused-ring (bicyclic) bond motifs is 5. The molecule has 1 aromatic carbocycles. The van der Waals surface area contributed by atoms with Gasteiger partial charge in [-0.3, -0.25) is 4.79 Å². The summed E-state index contributed by atoms with van der Waals surface area (Å²) in [7, 11) is 0. The van der Waals surface area contributed by atoms with Gasteiger partial charge in [-0.2, -0.15) is 8.78 Å². The van der Waals surface area contributed by atoms with E-state index in [1.54, 1.807) is 6.07 Å². The zero-order valence-electron chi connectivity index (χ0n) is 25.3. The summed E-state index contributed by atoms with van der Waals surface area (Å²) >= 11 is 0.